The first-order chi connectivity index (χ1) is 8.54. The lowest BCUT2D eigenvalue weighted by Crippen LogP contribution is -2.41. The second-order valence-corrected chi connectivity index (χ2v) is 4.92. The van der Waals surface area contributed by atoms with Gasteiger partial charge in [-0.2, -0.15) is 0 Å². The Labute approximate surface area is 106 Å². The molecule has 1 aromatic rings. The van der Waals surface area contributed by atoms with Gasteiger partial charge in [-0.1, -0.05) is 30.3 Å². The summed E-state index contributed by atoms with van der Waals surface area (Å²) in [7, 11) is 0. The van der Waals surface area contributed by atoms with Crippen LogP contribution >= 0.6 is 0 Å². The van der Waals surface area contributed by atoms with Crippen LogP contribution in [-0.4, -0.2) is 23.0 Å². The zero-order valence-corrected chi connectivity index (χ0v) is 10.3. The van der Waals surface area contributed by atoms with Crippen LogP contribution in [0.5, 0.6) is 0 Å². The molecule has 0 spiro atoms. The van der Waals surface area contributed by atoms with Gasteiger partial charge in [0, 0.05) is 6.04 Å². The third kappa shape index (κ3) is 2.53. The van der Waals surface area contributed by atoms with Crippen molar-refractivity contribution < 1.29 is 14.7 Å². The number of carboxylic acid groups (broad SMARTS) is 1. The highest BCUT2D eigenvalue weighted by Crippen LogP contribution is 2.48. The van der Waals surface area contributed by atoms with Crippen LogP contribution in [0.3, 0.4) is 0 Å². The van der Waals surface area contributed by atoms with E-state index in [1.54, 1.807) is 6.92 Å². The number of aliphatic carboxylic acids is 1. The van der Waals surface area contributed by atoms with Crippen molar-refractivity contribution in [2.75, 3.05) is 0 Å². The van der Waals surface area contributed by atoms with Gasteiger partial charge in [0.25, 0.3) is 0 Å². The van der Waals surface area contributed by atoms with Crippen molar-refractivity contribution in [3.63, 3.8) is 0 Å². The van der Waals surface area contributed by atoms with Gasteiger partial charge in [0.05, 0.1) is 11.8 Å². The molecule has 1 aliphatic rings. The van der Waals surface area contributed by atoms with Crippen molar-refractivity contribution in [1.82, 2.24) is 5.32 Å². The van der Waals surface area contributed by atoms with Gasteiger partial charge in [-0.05, 0) is 25.3 Å². The van der Waals surface area contributed by atoms with Crippen molar-refractivity contribution in [2.45, 2.75) is 37.6 Å². The highest BCUT2D eigenvalue weighted by atomic mass is 16.4. The maximum Gasteiger partial charge on any atom is 0.305 e. The summed E-state index contributed by atoms with van der Waals surface area (Å²) in [5.41, 5.74) is 0.596. The summed E-state index contributed by atoms with van der Waals surface area (Å²) in [6, 6.07) is 9.33. The van der Waals surface area contributed by atoms with Gasteiger partial charge < -0.3 is 10.4 Å². The van der Waals surface area contributed by atoms with Gasteiger partial charge >= 0.3 is 5.97 Å². The molecule has 0 aromatic heterocycles. The van der Waals surface area contributed by atoms with Crippen molar-refractivity contribution in [2.24, 2.45) is 0 Å². The topological polar surface area (TPSA) is 66.4 Å². The predicted molar refractivity (Wildman–Crippen MR) is 67.2 cm³/mol. The number of benzene rings is 1. The number of carbonyl (C=O) groups is 2. The number of amides is 1. The van der Waals surface area contributed by atoms with E-state index in [9.17, 15) is 9.59 Å². The highest BCUT2D eigenvalue weighted by molar-refractivity contribution is 5.91. The van der Waals surface area contributed by atoms with E-state index in [1.165, 1.54) is 0 Å². The zero-order chi connectivity index (χ0) is 13.2. The molecule has 1 atom stereocenters. The van der Waals surface area contributed by atoms with Crippen LogP contribution in [0.4, 0.5) is 0 Å². The molecule has 1 aromatic carbocycles. The fourth-order valence-corrected chi connectivity index (χ4v) is 2.20. The van der Waals surface area contributed by atoms with Crippen LogP contribution in [0.25, 0.3) is 0 Å². The molecule has 2 N–H and O–H groups in total. The van der Waals surface area contributed by atoms with Crippen molar-refractivity contribution in [3.05, 3.63) is 35.9 Å². The summed E-state index contributed by atoms with van der Waals surface area (Å²) in [6.07, 6.45) is 1.63. The molecule has 2 rings (SSSR count). The molecule has 0 radical (unpaired) electrons. The first-order valence-electron chi connectivity index (χ1n) is 6.13. The fraction of sp³-hybridized carbons (Fsp3) is 0.429. The van der Waals surface area contributed by atoms with Crippen LogP contribution in [0.2, 0.25) is 0 Å². The second kappa shape index (κ2) is 4.80. The van der Waals surface area contributed by atoms with Crippen LogP contribution in [0.1, 0.15) is 31.7 Å². The van der Waals surface area contributed by atoms with Crippen LogP contribution < -0.4 is 5.32 Å². The molecule has 1 saturated carbocycles. The minimum absolute atomic E-state index is 0.0450. The van der Waals surface area contributed by atoms with Gasteiger partial charge in [0.2, 0.25) is 5.91 Å². The normalized spacial score (nSPS) is 17.8. The Hall–Kier alpha value is -1.84. The smallest absolute Gasteiger partial charge is 0.305 e. The van der Waals surface area contributed by atoms with Crippen molar-refractivity contribution in [1.29, 1.82) is 0 Å². The number of hydrogen-bond donors (Lipinski definition) is 2. The number of nitrogens with one attached hydrogen (secondary N) is 1. The Bertz CT molecular complexity index is 451. The van der Waals surface area contributed by atoms with E-state index in [-0.39, 0.29) is 18.4 Å². The first-order valence-corrected chi connectivity index (χ1v) is 6.13. The van der Waals surface area contributed by atoms with Crippen LogP contribution in [0.15, 0.2) is 30.3 Å². The molecule has 4 nitrogen and oxygen atoms in total. The van der Waals surface area contributed by atoms with E-state index in [4.69, 9.17) is 5.11 Å². The Kier molecular flexibility index (Phi) is 3.36. The quantitative estimate of drug-likeness (QED) is 0.832. The molecule has 96 valence electrons. The monoisotopic (exact) mass is 247 g/mol. The largest absolute Gasteiger partial charge is 0.481 e. The Morgan fingerprint density at radius 1 is 1.33 bits per heavy atom. The van der Waals surface area contributed by atoms with Gasteiger partial charge in [-0.25, -0.2) is 0 Å². The summed E-state index contributed by atoms with van der Waals surface area (Å²) >= 11 is 0. The average Bonchev–Trinajstić information content (AvgIpc) is 3.10. The molecule has 1 fully saturated rings. The van der Waals surface area contributed by atoms with Crippen LogP contribution in [-0.2, 0) is 15.0 Å². The van der Waals surface area contributed by atoms with E-state index in [0.29, 0.717) is 0 Å². The third-order valence-corrected chi connectivity index (χ3v) is 3.37. The fourth-order valence-electron chi connectivity index (χ4n) is 2.20. The molecular formula is C14H17NO3. The summed E-state index contributed by atoms with van der Waals surface area (Å²) in [6.45, 7) is 1.72. The van der Waals surface area contributed by atoms with E-state index >= 15 is 0 Å². The summed E-state index contributed by atoms with van der Waals surface area (Å²) in [5, 5.41) is 11.5. The standard InChI is InChI=1S/C14H17NO3/c1-10(9-12(16)17)15-13(18)14(7-8-14)11-5-3-2-4-6-11/h2-6,10H,7-9H2,1H3,(H,15,18)(H,16,17). The van der Waals surface area contributed by atoms with Crippen molar-refractivity contribution >= 4 is 11.9 Å². The Balaban J connectivity index is 2.03. The third-order valence-electron chi connectivity index (χ3n) is 3.37. The minimum atomic E-state index is -0.896. The molecule has 0 bridgehead atoms. The van der Waals surface area contributed by atoms with Crippen molar-refractivity contribution in [3.8, 4) is 0 Å². The molecule has 4 heteroatoms. The summed E-state index contributed by atoms with van der Waals surface area (Å²) in [4.78, 5) is 22.8. The summed E-state index contributed by atoms with van der Waals surface area (Å²) in [5.74, 6) is -0.949. The van der Waals surface area contributed by atoms with E-state index in [0.717, 1.165) is 18.4 Å². The van der Waals surface area contributed by atoms with Gasteiger partial charge in [0.1, 0.15) is 0 Å². The maximum atomic E-state index is 12.2. The van der Waals surface area contributed by atoms with E-state index in [2.05, 4.69) is 5.32 Å². The van der Waals surface area contributed by atoms with Gasteiger partial charge in [0.15, 0.2) is 0 Å². The zero-order valence-electron chi connectivity index (χ0n) is 10.3. The summed E-state index contributed by atoms with van der Waals surface area (Å²) < 4.78 is 0. The number of rotatable bonds is 5. The minimum Gasteiger partial charge on any atom is -0.481 e. The van der Waals surface area contributed by atoms with E-state index in [1.807, 2.05) is 30.3 Å². The predicted octanol–water partition coefficient (Wildman–Crippen LogP) is 1.70. The molecule has 1 amide bonds. The molecule has 0 aliphatic heterocycles. The number of carboxylic acids is 1. The number of carbonyl (C=O) groups excluding carboxylic acids is 1. The van der Waals surface area contributed by atoms with E-state index < -0.39 is 11.4 Å². The molecule has 1 unspecified atom stereocenters. The first kappa shape index (κ1) is 12.6. The molecule has 1 aliphatic carbocycles. The molecule has 18 heavy (non-hydrogen) atoms. The molecule has 0 saturated heterocycles. The average molecular weight is 247 g/mol. The highest BCUT2D eigenvalue weighted by Gasteiger charge is 2.51. The lowest BCUT2D eigenvalue weighted by atomic mass is 9.94. The Morgan fingerprint density at radius 2 is 1.94 bits per heavy atom. The van der Waals surface area contributed by atoms with Gasteiger partial charge in [-0.15, -0.1) is 0 Å². The van der Waals surface area contributed by atoms with Gasteiger partial charge in [-0.3, -0.25) is 9.59 Å². The lowest BCUT2D eigenvalue weighted by Gasteiger charge is -2.19. The molecular weight excluding hydrogens is 230 g/mol. The Morgan fingerprint density at radius 3 is 2.44 bits per heavy atom. The lowest BCUT2D eigenvalue weighted by molar-refractivity contribution is -0.137. The second-order valence-electron chi connectivity index (χ2n) is 4.92. The number of hydrogen-bond acceptors (Lipinski definition) is 2. The van der Waals surface area contributed by atoms with Crippen LogP contribution in [0, 0.1) is 0 Å². The molecule has 0 heterocycles. The maximum absolute atomic E-state index is 12.2. The SMILES string of the molecule is CC(CC(=O)O)NC(=O)C1(c2ccccc2)CC1.